The number of ether oxygens (including phenoxy) is 2. The Bertz CT molecular complexity index is 496. The van der Waals surface area contributed by atoms with Crippen LogP contribution in [0.5, 0.6) is 5.75 Å². The molecule has 120 valence electrons. The number of nitrogens with two attached hydrogens (primary N) is 2. The minimum absolute atomic E-state index is 0.0140. The molecule has 6 nitrogen and oxygen atoms in total. The van der Waals surface area contributed by atoms with Crippen LogP contribution in [0.15, 0.2) is 36.2 Å². The van der Waals surface area contributed by atoms with Gasteiger partial charge in [0.2, 0.25) is 0 Å². The molecule has 0 aromatic heterocycles. The van der Waals surface area contributed by atoms with Gasteiger partial charge in [-0.05, 0) is 49.9 Å². The maximum absolute atomic E-state index is 10.1. The molecule has 1 aromatic rings. The topological polar surface area (TPSA) is 90.8 Å². The monoisotopic (exact) mass is 305 g/mol. The lowest BCUT2D eigenvalue weighted by Gasteiger charge is -2.23. The van der Waals surface area contributed by atoms with Crippen LogP contribution in [0.3, 0.4) is 0 Å². The minimum atomic E-state index is 0.0140. The van der Waals surface area contributed by atoms with Crippen LogP contribution in [0, 0.1) is 0 Å². The third-order valence-electron chi connectivity index (χ3n) is 3.61. The summed E-state index contributed by atoms with van der Waals surface area (Å²) in [6.45, 7) is 0.360. The van der Waals surface area contributed by atoms with Gasteiger partial charge < -0.3 is 15.2 Å². The van der Waals surface area contributed by atoms with Gasteiger partial charge in [0.15, 0.2) is 0 Å². The van der Waals surface area contributed by atoms with Crippen molar-refractivity contribution in [2.24, 2.45) is 11.6 Å². The first-order valence-corrected chi connectivity index (χ1v) is 7.51. The van der Waals surface area contributed by atoms with Gasteiger partial charge in [0.05, 0.1) is 17.5 Å². The van der Waals surface area contributed by atoms with E-state index in [1.807, 2.05) is 24.3 Å². The third-order valence-corrected chi connectivity index (χ3v) is 3.61. The predicted octanol–water partition coefficient (Wildman–Crippen LogP) is 2.05. The minimum Gasteiger partial charge on any atom is -0.490 e. The second kappa shape index (κ2) is 8.29. The predicted molar refractivity (Wildman–Crippen MR) is 84.9 cm³/mol. The second-order valence-corrected chi connectivity index (χ2v) is 5.39. The van der Waals surface area contributed by atoms with E-state index in [1.54, 1.807) is 0 Å². The quantitative estimate of drug-likeness (QED) is 0.455. The highest BCUT2D eigenvalue weighted by molar-refractivity contribution is 5.50. The molecule has 0 unspecified atom stereocenters. The molecule has 0 spiro atoms. The van der Waals surface area contributed by atoms with Crippen LogP contribution in [0.4, 0.5) is 5.69 Å². The highest BCUT2D eigenvalue weighted by Crippen LogP contribution is 2.25. The number of rotatable bonds is 7. The van der Waals surface area contributed by atoms with E-state index >= 15 is 0 Å². The summed E-state index contributed by atoms with van der Waals surface area (Å²) in [5.41, 5.74) is 6.81. The SMILES string of the molecule is N/C(=C\N(N)c1ccc(OC2CCCCC2)cc1)COC=O. The largest absolute Gasteiger partial charge is 0.490 e. The van der Waals surface area contributed by atoms with Crippen LogP contribution in [0.1, 0.15) is 32.1 Å². The summed E-state index contributed by atoms with van der Waals surface area (Å²) >= 11 is 0. The molecule has 0 aliphatic heterocycles. The molecule has 0 bridgehead atoms. The molecule has 0 radical (unpaired) electrons. The molecule has 22 heavy (non-hydrogen) atoms. The van der Waals surface area contributed by atoms with Gasteiger partial charge in [-0.1, -0.05) is 6.42 Å². The van der Waals surface area contributed by atoms with E-state index in [4.69, 9.17) is 16.3 Å². The molecule has 0 amide bonds. The average Bonchev–Trinajstić information content (AvgIpc) is 2.54. The van der Waals surface area contributed by atoms with Crippen LogP contribution >= 0.6 is 0 Å². The zero-order valence-corrected chi connectivity index (χ0v) is 12.6. The van der Waals surface area contributed by atoms with Crippen molar-refractivity contribution in [3.8, 4) is 5.75 Å². The average molecular weight is 305 g/mol. The van der Waals surface area contributed by atoms with Crippen molar-refractivity contribution in [1.82, 2.24) is 0 Å². The van der Waals surface area contributed by atoms with Gasteiger partial charge in [-0.2, -0.15) is 0 Å². The maximum Gasteiger partial charge on any atom is 0.293 e. The summed E-state index contributed by atoms with van der Waals surface area (Å²) in [6.07, 6.45) is 7.88. The van der Waals surface area contributed by atoms with Crippen LogP contribution in [0.2, 0.25) is 0 Å². The number of hydrazine groups is 1. The van der Waals surface area contributed by atoms with Gasteiger partial charge in [-0.25, -0.2) is 5.84 Å². The summed E-state index contributed by atoms with van der Waals surface area (Å²) in [6, 6.07) is 7.52. The molecule has 1 aliphatic carbocycles. The highest BCUT2D eigenvalue weighted by Gasteiger charge is 2.14. The lowest BCUT2D eigenvalue weighted by atomic mass is 9.98. The van der Waals surface area contributed by atoms with Gasteiger partial charge in [0.1, 0.15) is 12.4 Å². The number of benzene rings is 1. The van der Waals surface area contributed by atoms with Crippen molar-refractivity contribution in [1.29, 1.82) is 0 Å². The van der Waals surface area contributed by atoms with Gasteiger partial charge >= 0.3 is 0 Å². The molecule has 0 saturated heterocycles. The third kappa shape index (κ3) is 4.96. The Kier molecular flexibility index (Phi) is 6.09. The highest BCUT2D eigenvalue weighted by atomic mass is 16.5. The Balaban J connectivity index is 1.91. The number of nitrogens with zero attached hydrogens (tertiary/aromatic N) is 1. The number of anilines is 1. The molecule has 1 fully saturated rings. The normalized spacial score (nSPS) is 16.1. The number of carbonyl (C=O) groups is 1. The first kappa shape index (κ1) is 16.2. The van der Waals surface area contributed by atoms with Gasteiger partial charge in [0.25, 0.3) is 6.47 Å². The molecule has 6 heteroatoms. The Morgan fingerprint density at radius 1 is 1.23 bits per heavy atom. The lowest BCUT2D eigenvalue weighted by Crippen LogP contribution is -2.26. The molecule has 1 aromatic carbocycles. The van der Waals surface area contributed by atoms with E-state index in [0.29, 0.717) is 18.3 Å². The molecule has 1 saturated carbocycles. The Morgan fingerprint density at radius 3 is 2.55 bits per heavy atom. The van der Waals surface area contributed by atoms with E-state index in [2.05, 4.69) is 4.74 Å². The molecule has 1 aliphatic rings. The van der Waals surface area contributed by atoms with Crippen LogP contribution in [-0.4, -0.2) is 19.2 Å². The first-order valence-electron chi connectivity index (χ1n) is 7.51. The van der Waals surface area contributed by atoms with Gasteiger partial charge in [-0.15, -0.1) is 0 Å². The van der Waals surface area contributed by atoms with Crippen LogP contribution in [0.25, 0.3) is 0 Å². The van der Waals surface area contributed by atoms with Crippen molar-refractivity contribution in [3.05, 3.63) is 36.2 Å². The number of carbonyl (C=O) groups excluding carboxylic acids is 1. The van der Waals surface area contributed by atoms with Crippen LogP contribution in [-0.2, 0) is 9.53 Å². The summed E-state index contributed by atoms with van der Waals surface area (Å²) in [7, 11) is 0. The number of hydrogen-bond donors (Lipinski definition) is 2. The van der Waals surface area contributed by atoms with E-state index in [9.17, 15) is 4.79 Å². The Hall–Kier alpha value is -2.21. The molecular weight excluding hydrogens is 282 g/mol. The fourth-order valence-corrected chi connectivity index (χ4v) is 2.49. The van der Waals surface area contributed by atoms with Crippen molar-refractivity contribution in [2.45, 2.75) is 38.2 Å². The zero-order chi connectivity index (χ0) is 15.8. The first-order chi connectivity index (χ1) is 10.7. The fourth-order valence-electron chi connectivity index (χ4n) is 2.49. The van der Waals surface area contributed by atoms with Crippen molar-refractivity contribution in [2.75, 3.05) is 11.6 Å². The summed E-state index contributed by atoms with van der Waals surface area (Å²) < 4.78 is 10.5. The Labute approximate surface area is 130 Å². The van der Waals surface area contributed by atoms with E-state index in [1.165, 1.54) is 30.5 Å². The van der Waals surface area contributed by atoms with E-state index in [-0.39, 0.29) is 6.61 Å². The van der Waals surface area contributed by atoms with Crippen LogP contribution < -0.4 is 21.3 Å². The number of hydrogen-bond acceptors (Lipinski definition) is 6. The summed E-state index contributed by atoms with van der Waals surface area (Å²) in [4.78, 5) is 10.1. The lowest BCUT2D eigenvalue weighted by molar-refractivity contribution is -0.127. The van der Waals surface area contributed by atoms with E-state index < -0.39 is 0 Å². The zero-order valence-electron chi connectivity index (χ0n) is 12.6. The smallest absolute Gasteiger partial charge is 0.293 e. The Morgan fingerprint density at radius 2 is 1.91 bits per heavy atom. The standard InChI is InChI=1S/C16H23N3O3/c17-13(11-21-12-20)10-19(18)14-6-8-16(9-7-14)22-15-4-2-1-3-5-15/h6-10,12,15H,1-5,11,17-18H2/b13-10-. The summed E-state index contributed by atoms with van der Waals surface area (Å²) in [5.74, 6) is 6.75. The summed E-state index contributed by atoms with van der Waals surface area (Å²) in [5, 5.41) is 1.38. The molecule has 2 rings (SSSR count). The molecular formula is C16H23N3O3. The van der Waals surface area contributed by atoms with E-state index in [0.717, 1.165) is 24.3 Å². The van der Waals surface area contributed by atoms with Crippen molar-refractivity contribution >= 4 is 12.2 Å². The second-order valence-electron chi connectivity index (χ2n) is 5.39. The van der Waals surface area contributed by atoms with Gasteiger partial charge in [0, 0.05) is 6.20 Å². The molecule has 0 atom stereocenters. The maximum atomic E-state index is 10.1. The van der Waals surface area contributed by atoms with Crippen molar-refractivity contribution in [3.63, 3.8) is 0 Å². The molecule has 4 N–H and O–H groups in total. The van der Waals surface area contributed by atoms with Gasteiger partial charge in [-0.3, -0.25) is 9.80 Å². The molecule has 0 heterocycles. The fraction of sp³-hybridized carbons (Fsp3) is 0.438. The van der Waals surface area contributed by atoms with Crippen molar-refractivity contribution < 1.29 is 14.3 Å².